The van der Waals surface area contributed by atoms with Crippen LogP contribution in [0.2, 0.25) is 5.02 Å². The van der Waals surface area contributed by atoms with E-state index in [1.807, 2.05) is 36.7 Å². The Morgan fingerprint density at radius 2 is 2.07 bits per heavy atom. The zero-order chi connectivity index (χ0) is 18.1. The number of H-pyrrole nitrogens is 1. The molecule has 142 valence electrons. The van der Waals surface area contributed by atoms with Gasteiger partial charge in [0, 0.05) is 35.9 Å². The lowest BCUT2D eigenvalue weighted by Crippen LogP contribution is -3.00. The molecule has 0 amide bonds. The molecule has 0 aliphatic heterocycles. The number of benzene rings is 1. The van der Waals surface area contributed by atoms with Crippen molar-refractivity contribution in [1.82, 2.24) is 9.97 Å². The van der Waals surface area contributed by atoms with Gasteiger partial charge in [-0.15, -0.1) is 0 Å². The fraction of sp³-hybridized carbons (Fsp3) is 0.350. The third-order valence-corrected chi connectivity index (χ3v) is 6.00. The molecule has 2 aromatic heterocycles. The fourth-order valence-corrected chi connectivity index (χ4v) is 4.33. The first kappa shape index (κ1) is 19.8. The van der Waals surface area contributed by atoms with E-state index in [1.165, 1.54) is 11.9 Å². The highest BCUT2D eigenvalue weighted by Gasteiger charge is 2.38. The molecule has 1 aromatic carbocycles. The molecule has 3 N–H and O–H groups in total. The molecule has 1 aliphatic rings. The van der Waals surface area contributed by atoms with E-state index in [0.29, 0.717) is 18.0 Å². The number of aromatic nitrogens is 3. The van der Waals surface area contributed by atoms with E-state index >= 15 is 0 Å². The first-order chi connectivity index (χ1) is 12.6. The van der Waals surface area contributed by atoms with E-state index in [4.69, 9.17) is 17.3 Å². The molecule has 1 aliphatic carbocycles. The second-order valence-electron chi connectivity index (χ2n) is 7.15. The molecule has 0 bridgehead atoms. The minimum Gasteiger partial charge on any atom is -1.00 e. The summed E-state index contributed by atoms with van der Waals surface area (Å²) in [6, 6.07) is 10.3. The lowest BCUT2D eigenvalue weighted by atomic mass is 9.68. The van der Waals surface area contributed by atoms with Gasteiger partial charge in [-0.2, -0.15) is 0 Å². The number of fused-ring (bicyclic) bond motifs is 1. The summed E-state index contributed by atoms with van der Waals surface area (Å²) >= 11 is 6.20. The first-order valence-electron chi connectivity index (χ1n) is 8.96. The number of rotatable bonds is 3. The fourth-order valence-electron chi connectivity index (χ4n) is 4.14. The highest BCUT2D eigenvalue weighted by molar-refractivity contribution is 6.30. The quantitative estimate of drug-likeness (QED) is 0.597. The number of nitrogens with zero attached hydrogens (tertiary/aromatic N) is 2. The largest absolute Gasteiger partial charge is 1.00 e. The Bertz CT molecular complexity index is 996. The highest BCUT2D eigenvalue weighted by atomic mass is 35.5. The summed E-state index contributed by atoms with van der Waals surface area (Å²) in [6.07, 6.45) is 9.51. The van der Waals surface area contributed by atoms with Gasteiger partial charge >= 0.3 is 0 Å². The van der Waals surface area contributed by atoms with E-state index in [1.54, 1.807) is 0 Å². The van der Waals surface area contributed by atoms with Crippen LogP contribution in [0.4, 0.5) is 0 Å². The summed E-state index contributed by atoms with van der Waals surface area (Å²) in [5, 5.41) is 1.38. The molecule has 7 heteroatoms. The predicted molar refractivity (Wildman–Crippen MR) is 102 cm³/mol. The molecule has 4 rings (SSSR count). The maximum absolute atomic E-state index is 11.8. The standard InChI is InChI=1S/C20H21ClN4O.ClH/c21-15-3-1-2-14(10-15)20(12-22)7-4-16(5-8-20)25-9-6-17-18(11-25)23-13-24-19(17)26;/h1-3,6,9-11,13,16H,4-5,7-8,12,22H2;1H/t16-,20-;. The van der Waals surface area contributed by atoms with Crippen LogP contribution in [-0.2, 0) is 5.41 Å². The molecule has 0 radical (unpaired) electrons. The van der Waals surface area contributed by atoms with Crippen molar-refractivity contribution in [1.29, 1.82) is 0 Å². The second kappa shape index (κ2) is 7.97. The van der Waals surface area contributed by atoms with Crippen LogP contribution in [0.15, 0.2) is 53.8 Å². The average molecular weight is 405 g/mol. The maximum atomic E-state index is 11.8. The zero-order valence-corrected chi connectivity index (χ0v) is 16.4. The molecule has 3 aromatic rings. The summed E-state index contributed by atoms with van der Waals surface area (Å²) in [5.41, 5.74) is 8.05. The lowest BCUT2D eigenvalue weighted by molar-refractivity contribution is -0.725. The van der Waals surface area contributed by atoms with Crippen molar-refractivity contribution in [3.05, 3.63) is 70.0 Å². The number of nitrogens with two attached hydrogens (primary N) is 1. The van der Waals surface area contributed by atoms with Crippen molar-refractivity contribution in [3.8, 4) is 0 Å². The Balaban J connectivity index is 0.00000210. The van der Waals surface area contributed by atoms with Crippen LogP contribution in [0.3, 0.4) is 0 Å². The molecule has 27 heavy (non-hydrogen) atoms. The van der Waals surface area contributed by atoms with Crippen molar-refractivity contribution in [2.24, 2.45) is 5.73 Å². The van der Waals surface area contributed by atoms with Crippen molar-refractivity contribution in [3.63, 3.8) is 0 Å². The molecule has 0 unspecified atom stereocenters. The lowest BCUT2D eigenvalue weighted by Gasteiger charge is -2.38. The van der Waals surface area contributed by atoms with Gasteiger partial charge < -0.3 is 23.1 Å². The van der Waals surface area contributed by atoms with Crippen molar-refractivity contribution < 1.29 is 17.0 Å². The summed E-state index contributed by atoms with van der Waals surface area (Å²) in [7, 11) is 0. The van der Waals surface area contributed by atoms with E-state index in [0.717, 1.165) is 36.2 Å². The SMILES string of the molecule is NC[C@]1(c2cccc(Cl)c2)CC[C@H]([n+]2ccc3c(=O)[nH]cnc3c2)CC1.[Cl-]. The van der Waals surface area contributed by atoms with Crippen LogP contribution >= 0.6 is 11.6 Å². The number of hydrogen-bond donors (Lipinski definition) is 2. The van der Waals surface area contributed by atoms with Crippen LogP contribution in [0, 0.1) is 0 Å². The average Bonchev–Trinajstić information content (AvgIpc) is 2.68. The van der Waals surface area contributed by atoms with Gasteiger partial charge in [0.15, 0.2) is 18.4 Å². The first-order valence-corrected chi connectivity index (χ1v) is 9.33. The molecular formula is C20H22Cl2N4O. The van der Waals surface area contributed by atoms with Crippen LogP contribution in [0.1, 0.15) is 37.3 Å². The Kier molecular flexibility index (Phi) is 5.84. The Morgan fingerprint density at radius 1 is 1.30 bits per heavy atom. The van der Waals surface area contributed by atoms with Crippen LogP contribution in [0.25, 0.3) is 10.9 Å². The Hall–Kier alpha value is -1.95. The van der Waals surface area contributed by atoms with Gasteiger partial charge in [-0.25, -0.2) is 9.55 Å². The molecule has 0 saturated heterocycles. The third kappa shape index (κ3) is 3.72. The predicted octanol–water partition coefficient (Wildman–Crippen LogP) is -0.120. The molecule has 2 heterocycles. The minimum atomic E-state index is -0.103. The molecule has 5 nitrogen and oxygen atoms in total. The number of pyridine rings is 1. The number of hydrogen-bond acceptors (Lipinski definition) is 3. The van der Waals surface area contributed by atoms with E-state index in [2.05, 4.69) is 20.6 Å². The number of nitrogens with one attached hydrogen (secondary N) is 1. The second-order valence-corrected chi connectivity index (χ2v) is 7.59. The van der Waals surface area contributed by atoms with E-state index in [-0.39, 0.29) is 23.4 Å². The molecule has 1 fully saturated rings. The Morgan fingerprint density at radius 3 is 2.78 bits per heavy atom. The summed E-state index contributed by atoms with van der Waals surface area (Å²) in [5.74, 6) is 0. The van der Waals surface area contributed by atoms with Gasteiger partial charge in [-0.05, 0) is 30.5 Å². The molecule has 0 spiro atoms. The van der Waals surface area contributed by atoms with Crippen LogP contribution in [-0.4, -0.2) is 16.5 Å². The Labute approximate surface area is 169 Å². The summed E-state index contributed by atoms with van der Waals surface area (Å²) < 4.78 is 2.19. The van der Waals surface area contributed by atoms with Gasteiger partial charge in [0.2, 0.25) is 0 Å². The maximum Gasteiger partial charge on any atom is 0.259 e. The molecular weight excluding hydrogens is 383 g/mol. The van der Waals surface area contributed by atoms with Gasteiger partial charge in [-0.1, -0.05) is 23.7 Å². The van der Waals surface area contributed by atoms with Gasteiger partial charge in [0.1, 0.15) is 5.52 Å². The van der Waals surface area contributed by atoms with E-state index in [9.17, 15) is 4.79 Å². The van der Waals surface area contributed by atoms with E-state index < -0.39 is 0 Å². The number of aromatic amines is 1. The summed E-state index contributed by atoms with van der Waals surface area (Å²) in [6.45, 7) is 0.624. The third-order valence-electron chi connectivity index (χ3n) is 5.77. The summed E-state index contributed by atoms with van der Waals surface area (Å²) in [4.78, 5) is 18.7. The molecule has 1 saturated carbocycles. The zero-order valence-electron chi connectivity index (χ0n) is 14.9. The molecule has 0 atom stereocenters. The van der Waals surface area contributed by atoms with Crippen LogP contribution in [0.5, 0.6) is 0 Å². The monoisotopic (exact) mass is 404 g/mol. The normalized spacial score (nSPS) is 22.4. The van der Waals surface area contributed by atoms with Gasteiger partial charge in [0.25, 0.3) is 5.56 Å². The van der Waals surface area contributed by atoms with Gasteiger partial charge in [-0.3, -0.25) is 4.79 Å². The van der Waals surface area contributed by atoms with Crippen molar-refractivity contribution in [2.75, 3.05) is 6.54 Å². The number of halogens is 2. The minimum absolute atomic E-state index is 0. The van der Waals surface area contributed by atoms with Crippen LogP contribution < -0.4 is 28.3 Å². The van der Waals surface area contributed by atoms with Gasteiger partial charge in [0.05, 0.1) is 11.7 Å². The van der Waals surface area contributed by atoms with Crippen molar-refractivity contribution in [2.45, 2.75) is 37.1 Å². The van der Waals surface area contributed by atoms with Crippen molar-refractivity contribution >= 4 is 22.5 Å². The smallest absolute Gasteiger partial charge is 0.259 e. The highest BCUT2D eigenvalue weighted by Crippen LogP contribution is 2.41. The topological polar surface area (TPSA) is 75.7 Å².